The molecule has 26 heavy (non-hydrogen) atoms. The van der Waals surface area contributed by atoms with Crippen molar-refractivity contribution >= 4 is 32.5 Å². The average molecular weight is 368 g/mol. The molecule has 0 aliphatic carbocycles. The Morgan fingerprint density at radius 2 is 2.04 bits per heavy atom. The monoisotopic (exact) mass is 368 g/mol. The van der Waals surface area contributed by atoms with Crippen molar-refractivity contribution in [1.29, 1.82) is 0 Å². The molecule has 0 spiro atoms. The summed E-state index contributed by atoms with van der Waals surface area (Å²) in [6.45, 7) is 2.29. The van der Waals surface area contributed by atoms with Crippen LogP contribution in [0.5, 0.6) is 5.75 Å². The molecule has 3 heterocycles. The number of rotatable bonds is 4. The highest BCUT2D eigenvalue weighted by atomic mass is 32.1. The summed E-state index contributed by atoms with van der Waals surface area (Å²) < 4.78 is 12.0. The summed E-state index contributed by atoms with van der Waals surface area (Å²) in [6, 6.07) is 8.59. The second-order valence-electron chi connectivity index (χ2n) is 5.92. The minimum Gasteiger partial charge on any atom is -0.497 e. The minimum absolute atomic E-state index is 0.110. The molecular formula is C19H16N2O4S. The van der Waals surface area contributed by atoms with E-state index in [9.17, 15) is 9.59 Å². The molecule has 0 N–H and O–H groups in total. The SMILES string of the molecule is CCc1cc2c(=O)n(Cc3cc(=O)oc4cc(OC)ccc34)cnc2s1. The summed E-state index contributed by atoms with van der Waals surface area (Å²) in [7, 11) is 1.55. The Hall–Kier alpha value is -2.93. The third-order valence-corrected chi connectivity index (χ3v) is 5.48. The van der Waals surface area contributed by atoms with Crippen LogP contribution in [0.2, 0.25) is 0 Å². The van der Waals surface area contributed by atoms with Gasteiger partial charge in [0.1, 0.15) is 16.2 Å². The predicted molar refractivity (Wildman–Crippen MR) is 101 cm³/mol. The van der Waals surface area contributed by atoms with Crippen LogP contribution in [0.3, 0.4) is 0 Å². The van der Waals surface area contributed by atoms with Crippen LogP contribution in [-0.2, 0) is 13.0 Å². The largest absolute Gasteiger partial charge is 0.497 e. The molecule has 3 aromatic heterocycles. The van der Waals surface area contributed by atoms with Crippen molar-refractivity contribution in [3.8, 4) is 5.75 Å². The number of hydrogen-bond donors (Lipinski definition) is 0. The van der Waals surface area contributed by atoms with Gasteiger partial charge in [-0.2, -0.15) is 0 Å². The van der Waals surface area contributed by atoms with Crippen molar-refractivity contribution in [2.45, 2.75) is 19.9 Å². The van der Waals surface area contributed by atoms with Gasteiger partial charge in [0.15, 0.2) is 0 Å². The van der Waals surface area contributed by atoms with Crippen LogP contribution in [0.1, 0.15) is 17.4 Å². The van der Waals surface area contributed by atoms with E-state index < -0.39 is 5.63 Å². The van der Waals surface area contributed by atoms with E-state index in [2.05, 4.69) is 4.98 Å². The third-order valence-electron chi connectivity index (χ3n) is 4.30. The highest BCUT2D eigenvalue weighted by Gasteiger charge is 2.12. The van der Waals surface area contributed by atoms with Gasteiger partial charge in [0.05, 0.1) is 25.4 Å². The molecular weight excluding hydrogens is 352 g/mol. The van der Waals surface area contributed by atoms with Gasteiger partial charge in [-0.1, -0.05) is 6.92 Å². The topological polar surface area (TPSA) is 74.3 Å². The van der Waals surface area contributed by atoms with E-state index >= 15 is 0 Å². The molecule has 0 aliphatic heterocycles. The molecule has 4 aromatic rings. The van der Waals surface area contributed by atoms with Gasteiger partial charge in [-0.3, -0.25) is 9.36 Å². The first-order valence-corrected chi connectivity index (χ1v) is 8.99. The van der Waals surface area contributed by atoms with Gasteiger partial charge in [0.25, 0.3) is 5.56 Å². The fraction of sp³-hybridized carbons (Fsp3) is 0.211. The summed E-state index contributed by atoms with van der Waals surface area (Å²) in [6.07, 6.45) is 2.40. The minimum atomic E-state index is -0.466. The van der Waals surface area contributed by atoms with E-state index in [1.807, 2.05) is 19.1 Å². The number of methoxy groups -OCH3 is 1. The first-order chi connectivity index (χ1) is 12.6. The fourth-order valence-electron chi connectivity index (χ4n) is 2.95. The van der Waals surface area contributed by atoms with Crippen molar-refractivity contribution in [3.05, 3.63) is 67.9 Å². The Labute approximate surface area is 152 Å². The molecule has 0 fully saturated rings. The van der Waals surface area contributed by atoms with Crippen molar-refractivity contribution in [3.63, 3.8) is 0 Å². The number of ether oxygens (including phenoxy) is 1. The molecule has 0 radical (unpaired) electrons. The van der Waals surface area contributed by atoms with Crippen molar-refractivity contribution in [2.24, 2.45) is 0 Å². The summed E-state index contributed by atoms with van der Waals surface area (Å²) in [4.78, 5) is 31.0. The Kier molecular flexibility index (Phi) is 4.08. The average Bonchev–Trinajstić information content (AvgIpc) is 3.07. The Morgan fingerprint density at radius 3 is 2.81 bits per heavy atom. The lowest BCUT2D eigenvalue weighted by Crippen LogP contribution is -2.21. The molecule has 4 rings (SSSR count). The number of thiophene rings is 1. The quantitative estimate of drug-likeness (QED) is 0.517. The maximum atomic E-state index is 12.8. The maximum Gasteiger partial charge on any atom is 0.336 e. The normalized spacial score (nSPS) is 11.3. The first kappa shape index (κ1) is 16.5. The van der Waals surface area contributed by atoms with Crippen LogP contribution in [0.15, 0.2) is 50.7 Å². The molecule has 0 atom stereocenters. The molecule has 0 bridgehead atoms. The lowest BCUT2D eigenvalue weighted by molar-refractivity contribution is 0.414. The predicted octanol–water partition coefficient (Wildman–Crippen LogP) is 3.18. The number of aromatic nitrogens is 2. The van der Waals surface area contributed by atoms with Crippen LogP contribution in [0.4, 0.5) is 0 Å². The highest BCUT2D eigenvalue weighted by molar-refractivity contribution is 7.18. The van der Waals surface area contributed by atoms with Crippen LogP contribution in [-0.4, -0.2) is 16.7 Å². The zero-order valence-electron chi connectivity index (χ0n) is 14.3. The standard InChI is InChI=1S/C19H16N2O4S/c1-3-13-8-15-18(26-13)20-10-21(19(15)23)9-11-6-17(22)25-16-7-12(24-2)4-5-14(11)16/h4-8,10H,3,9H2,1-2H3. The van der Waals surface area contributed by atoms with Gasteiger partial charge < -0.3 is 9.15 Å². The van der Waals surface area contributed by atoms with Crippen LogP contribution in [0, 0.1) is 0 Å². The van der Waals surface area contributed by atoms with Crippen molar-refractivity contribution < 1.29 is 9.15 Å². The lowest BCUT2D eigenvalue weighted by Gasteiger charge is -2.09. The second-order valence-corrected chi connectivity index (χ2v) is 7.03. The summed E-state index contributed by atoms with van der Waals surface area (Å²) in [5.74, 6) is 0.600. The van der Waals surface area contributed by atoms with Crippen LogP contribution >= 0.6 is 11.3 Å². The van der Waals surface area contributed by atoms with Crippen LogP contribution in [0.25, 0.3) is 21.2 Å². The van der Waals surface area contributed by atoms with E-state index in [0.717, 1.165) is 21.5 Å². The van der Waals surface area contributed by atoms with Gasteiger partial charge in [-0.05, 0) is 30.2 Å². The molecule has 7 heteroatoms. The van der Waals surface area contributed by atoms with Gasteiger partial charge in [0.2, 0.25) is 0 Å². The molecule has 0 saturated carbocycles. The maximum absolute atomic E-state index is 12.8. The Balaban J connectivity index is 1.84. The third kappa shape index (κ3) is 2.80. The van der Waals surface area contributed by atoms with E-state index in [0.29, 0.717) is 22.3 Å². The number of nitrogens with zero attached hydrogens (tertiary/aromatic N) is 2. The Bertz CT molecular complexity index is 1240. The first-order valence-electron chi connectivity index (χ1n) is 8.17. The van der Waals surface area contributed by atoms with E-state index in [4.69, 9.17) is 9.15 Å². The molecule has 6 nitrogen and oxygen atoms in total. The molecule has 0 saturated heterocycles. The van der Waals surface area contributed by atoms with Gasteiger partial charge >= 0.3 is 5.63 Å². The molecule has 0 amide bonds. The molecule has 1 aromatic carbocycles. The van der Waals surface area contributed by atoms with Crippen molar-refractivity contribution in [1.82, 2.24) is 9.55 Å². The van der Waals surface area contributed by atoms with Gasteiger partial charge in [-0.25, -0.2) is 9.78 Å². The van der Waals surface area contributed by atoms with E-state index in [1.165, 1.54) is 28.3 Å². The zero-order chi connectivity index (χ0) is 18.3. The summed E-state index contributed by atoms with van der Waals surface area (Å²) in [5.41, 5.74) is 0.554. The summed E-state index contributed by atoms with van der Waals surface area (Å²) >= 11 is 1.53. The van der Waals surface area contributed by atoms with Crippen LogP contribution < -0.4 is 15.9 Å². The second kappa shape index (κ2) is 6.42. The van der Waals surface area contributed by atoms with E-state index in [-0.39, 0.29) is 12.1 Å². The Morgan fingerprint density at radius 1 is 1.19 bits per heavy atom. The highest BCUT2D eigenvalue weighted by Crippen LogP contribution is 2.24. The van der Waals surface area contributed by atoms with E-state index in [1.54, 1.807) is 19.2 Å². The molecule has 132 valence electrons. The lowest BCUT2D eigenvalue weighted by atomic mass is 10.1. The molecule has 0 aliphatic rings. The summed E-state index contributed by atoms with van der Waals surface area (Å²) in [5, 5.41) is 1.38. The van der Waals surface area contributed by atoms with Gasteiger partial charge in [0, 0.05) is 22.4 Å². The number of fused-ring (bicyclic) bond motifs is 2. The van der Waals surface area contributed by atoms with Gasteiger partial charge in [-0.15, -0.1) is 11.3 Å². The van der Waals surface area contributed by atoms with Crippen molar-refractivity contribution in [2.75, 3.05) is 7.11 Å². The molecule has 0 unspecified atom stereocenters. The number of benzene rings is 1. The smallest absolute Gasteiger partial charge is 0.336 e. The number of hydrogen-bond acceptors (Lipinski definition) is 6. The number of aryl methyl sites for hydroxylation is 1. The zero-order valence-corrected chi connectivity index (χ0v) is 15.1. The fourth-order valence-corrected chi connectivity index (χ4v) is 3.87.